The van der Waals surface area contributed by atoms with Crippen LogP contribution in [0.2, 0.25) is 0 Å². The zero-order valence-electron chi connectivity index (χ0n) is 10.8. The zero-order chi connectivity index (χ0) is 12.5. The Labute approximate surface area is 103 Å². The van der Waals surface area contributed by atoms with E-state index < -0.39 is 0 Å². The van der Waals surface area contributed by atoms with Crippen molar-refractivity contribution in [1.29, 1.82) is 0 Å². The van der Waals surface area contributed by atoms with Gasteiger partial charge in [0.15, 0.2) is 0 Å². The van der Waals surface area contributed by atoms with E-state index in [1.54, 1.807) is 14.2 Å². The molecule has 0 fully saturated rings. The van der Waals surface area contributed by atoms with E-state index in [4.69, 9.17) is 14.2 Å². The Kier molecular flexibility index (Phi) is 6.25. The van der Waals surface area contributed by atoms with Crippen molar-refractivity contribution in [3.8, 4) is 17.2 Å². The van der Waals surface area contributed by atoms with Crippen molar-refractivity contribution in [1.82, 2.24) is 5.32 Å². The third-order valence-corrected chi connectivity index (χ3v) is 2.34. The van der Waals surface area contributed by atoms with Crippen molar-refractivity contribution in [3.05, 3.63) is 18.2 Å². The number of hydrogen-bond acceptors (Lipinski definition) is 4. The number of nitrogens with one attached hydrogen (secondary N) is 1. The van der Waals surface area contributed by atoms with Crippen LogP contribution in [-0.2, 0) is 0 Å². The Bertz CT molecular complexity index is 306. The van der Waals surface area contributed by atoms with Crippen LogP contribution in [0, 0.1) is 0 Å². The maximum atomic E-state index is 5.64. The molecule has 1 aromatic carbocycles. The van der Waals surface area contributed by atoms with Crippen LogP contribution < -0.4 is 19.5 Å². The number of benzene rings is 1. The number of hydrogen-bond donors (Lipinski definition) is 1. The summed E-state index contributed by atoms with van der Waals surface area (Å²) in [4.78, 5) is 0. The fourth-order valence-electron chi connectivity index (χ4n) is 1.43. The maximum Gasteiger partial charge on any atom is 0.126 e. The summed E-state index contributed by atoms with van der Waals surface area (Å²) in [5.74, 6) is 2.26. The van der Waals surface area contributed by atoms with Crippen LogP contribution in [-0.4, -0.2) is 33.9 Å². The third-order valence-electron chi connectivity index (χ3n) is 2.34. The average Bonchev–Trinajstić information content (AvgIpc) is 2.38. The summed E-state index contributed by atoms with van der Waals surface area (Å²) >= 11 is 0. The standard InChI is InChI=1S/C13H21NO3/c1-4-14-6-5-7-17-13-9-11(15-2)8-12(10-13)16-3/h8-10,14H,4-7H2,1-3H3. The molecule has 0 saturated heterocycles. The minimum absolute atomic E-state index is 0.684. The van der Waals surface area contributed by atoms with Gasteiger partial charge in [-0.25, -0.2) is 0 Å². The molecule has 0 spiro atoms. The lowest BCUT2D eigenvalue weighted by Crippen LogP contribution is -2.16. The molecule has 1 rings (SSSR count). The molecular formula is C13H21NO3. The van der Waals surface area contributed by atoms with Crippen LogP contribution in [0.1, 0.15) is 13.3 Å². The summed E-state index contributed by atoms with van der Waals surface area (Å²) < 4.78 is 16.0. The van der Waals surface area contributed by atoms with E-state index in [9.17, 15) is 0 Å². The molecule has 0 aliphatic rings. The van der Waals surface area contributed by atoms with E-state index in [1.807, 2.05) is 18.2 Å². The lowest BCUT2D eigenvalue weighted by molar-refractivity contribution is 0.303. The van der Waals surface area contributed by atoms with E-state index >= 15 is 0 Å². The Morgan fingerprint density at radius 2 is 1.59 bits per heavy atom. The van der Waals surface area contributed by atoms with Gasteiger partial charge < -0.3 is 19.5 Å². The van der Waals surface area contributed by atoms with E-state index in [2.05, 4.69) is 12.2 Å². The fraction of sp³-hybridized carbons (Fsp3) is 0.538. The molecule has 0 aromatic heterocycles. The molecule has 0 heterocycles. The first kappa shape index (κ1) is 13.6. The van der Waals surface area contributed by atoms with Crippen LogP contribution in [0.15, 0.2) is 18.2 Å². The molecule has 4 nitrogen and oxygen atoms in total. The van der Waals surface area contributed by atoms with Crippen molar-refractivity contribution < 1.29 is 14.2 Å². The fourth-order valence-corrected chi connectivity index (χ4v) is 1.43. The first-order valence-corrected chi connectivity index (χ1v) is 5.86. The largest absolute Gasteiger partial charge is 0.496 e. The molecule has 0 aliphatic heterocycles. The predicted octanol–water partition coefficient (Wildman–Crippen LogP) is 2.08. The van der Waals surface area contributed by atoms with Crippen molar-refractivity contribution >= 4 is 0 Å². The molecule has 1 aromatic rings. The molecule has 0 radical (unpaired) electrons. The lowest BCUT2D eigenvalue weighted by Gasteiger charge is -2.10. The summed E-state index contributed by atoms with van der Waals surface area (Å²) in [5, 5.41) is 3.25. The summed E-state index contributed by atoms with van der Waals surface area (Å²) in [7, 11) is 3.26. The van der Waals surface area contributed by atoms with E-state index in [0.29, 0.717) is 6.61 Å². The van der Waals surface area contributed by atoms with Gasteiger partial charge in [0.25, 0.3) is 0 Å². The lowest BCUT2D eigenvalue weighted by atomic mass is 10.3. The molecule has 96 valence electrons. The van der Waals surface area contributed by atoms with Gasteiger partial charge in [-0.2, -0.15) is 0 Å². The van der Waals surface area contributed by atoms with Gasteiger partial charge in [-0.15, -0.1) is 0 Å². The van der Waals surface area contributed by atoms with Crippen molar-refractivity contribution in [2.45, 2.75) is 13.3 Å². The van der Waals surface area contributed by atoms with Crippen molar-refractivity contribution in [2.75, 3.05) is 33.9 Å². The second-order valence-electron chi connectivity index (χ2n) is 3.60. The van der Waals surface area contributed by atoms with Crippen LogP contribution >= 0.6 is 0 Å². The van der Waals surface area contributed by atoms with E-state index in [1.165, 1.54) is 0 Å². The number of methoxy groups -OCH3 is 2. The summed E-state index contributed by atoms with van der Waals surface area (Å²) in [6.45, 7) is 4.74. The van der Waals surface area contributed by atoms with Crippen LogP contribution in [0.5, 0.6) is 17.2 Å². The molecule has 0 unspecified atom stereocenters. The Morgan fingerprint density at radius 1 is 1.00 bits per heavy atom. The molecule has 17 heavy (non-hydrogen) atoms. The summed E-state index contributed by atoms with van der Waals surface area (Å²) in [6, 6.07) is 5.54. The zero-order valence-corrected chi connectivity index (χ0v) is 10.8. The minimum Gasteiger partial charge on any atom is -0.496 e. The number of rotatable bonds is 8. The first-order chi connectivity index (χ1) is 8.30. The van der Waals surface area contributed by atoms with Gasteiger partial charge in [0.05, 0.1) is 20.8 Å². The van der Waals surface area contributed by atoms with Gasteiger partial charge in [-0.3, -0.25) is 0 Å². The highest BCUT2D eigenvalue weighted by molar-refractivity contribution is 5.41. The quantitative estimate of drug-likeness (QED) is 0.705. The van der Waals surface area contributed by atoms with Crippen molar-refractivity contribution in [2.24, 2.45) is 0 Å². The van der Waals surface area contributed by atoms with Crippen molar-refractivity contribution in [3.63, 3.8) is 0 Å². The molecule has 0 aliphatic carbocycles. The summed E-state index contributed by atoms with van der Waals surface area (Å²) in [5.41, 5.74) is 0. The highest BCUT2D eigenvalue weighted by atomic mass is 16.5. The van der Waals surface area contributed by atoms with Crippen LogP contribution in [0.3, 0.4) is 0 Å². The minimum atomic E-state index is 0.684. The van der Waals surface area contributed by atoms with E-state index in [0.717, 1.165) is 36.8 Å². The molecule has 0 saturated carbocycles. The smallest absolute Gasteiger partial charge is 0.126 e. The maximum absolute atomic E-state index is 5.64. The average molecular weight is 239 g/mol. The second-order valence-corrected chi connectivity index (χ2v) is 3.60. The Morgan fingerprint density at radius 3 is 2.12 bits per heavy atom. The van der Waals surface area contributed by atoms with Crippen LogP contribution in [0.25, 0.3) is 0 Å². The van der Waals surface area contributed by atoms with Gasteiger partial charge in [0, 0.05) is 18.2 Å². The van der Waals surface area contributed by atoms with E-state index in [-0.39, 0.29) is 0 Å². The van der Waals surface area contributed by atoms with Gasteiger partial charge in [-0.1, -0.05) is 6.92 Å². The highest BCUT2D eigenvalue weighted by Gasteiger charge is 2.02. The first-order valence-electron chi connectivity index (χ1n) is 5.86. The topological polar surface area (TPSA) is 39.7 Å². The molecule has 0 bridgehead atoms. The van der Waals surface area contributed by atoms with Gasteiger partial charge >= 0.3 is 0 Å². The SMILES string of the molecule is CCNCCCOc1cc(OC)cc(OC)c1. The predicted molar refractivity (Wildman–Crippen MR) is 68.2 cm³/mol. The molecule has 4 heteroatoms. The normalized spacial score (nSPS) is 10.1. The van der Waals surface area contributed by atoms with Crippen LogP contribution in [0.4, 0.5) is 0 Å². The molecule has 0 amide bonds. The van der Waals surface area contributed by atoms with Gasteiger partial charge in [0.1, 0.15) is 17.2 Å². The molecule has 1 N–H and O–H groups in total. The third kappa shape index (κ3) is 4.95. The second kappa shape index (κ2) is 7.79. The molecular weight excluding hydrogens is 218 g/mol. The Hall–Kier alpha value is -1.42. The number of ether oxygens (including phenoxy) is 3. The highest BCUT2D eigenvalue weighted by Crippen LogP contribution is 2.27. The monoisotopic (exact) mass is 239 g/mol. The van der Waals surface area contributed by atoms with Gasteiger partial charge in [0.2, 0.25) is 0 Å². The van der Waals surface area contributed by atoms with Gasteiger partial charge in [-0.05, 0) is 19.5 Å². The molecule has 0 atom stereocenters. The Balaban J connectivity index is 2.46. The summed E-state index contributed by atoms with van der Waals surface area (Å²) in [6.07, 6.45) is 0.980.